The van der Waals surface area contributed by atoms with Gasteiger partial charge in [0.15, 0.2) is 5.69 Å². The van der Waals surface area contributed by atoms with Crippen LogP contribution in [0.1, 0.15) is 59.6 Å². The Morgan fingerprint density at radius 1 is 1.11 bits per heavy atom. The minimum atomic E-state index is -0.113. The first-order valence-electron chi connectivity index (χ1n) is 9.49. The van der Waals surface area contributed by atoms with Crippen molar-refractivity contribution in [2.24, 2.45) is 0 Å². The molecule has 0 atom stereocenters. The largest absolute Gasteiger partial charge is 0.329 e. The van der Waals surface area contributed by atoms with Crippen LogP contribution in [-0.2, 0) is 19.5 Å². The van der Waals surface area contributed by atoms with Gasteiger partial charge in [-0.15, -0.1) is 0 Å². The summed E-state index contributed by atoms with van der Waals surface area (Å²) in [6.07, 6.45) is 4.52. The zero-order valence-corrected chi connectivity index (χ0v) is 18.0. The van der Waals surface area contributed by atoms with Crippen LogP contribution in [-0.4, -0.2) is 26.0 Å². The molecule has 1 aromatic carbocycles. The van der Waals surface area contributed by atoms with Crippen molar-refractivity contribution < 1.29 is 4.79 Å². The van der Waals surface area contributed by atoms with Crippen molar-refractivity contribution in [1.29, 1.82) is 0 Å². The number of aryl methyl sites for hydroxylation is 1. The third-order valence-electron chi connectivity index (χ3n) is 4.70. The van der Waals surface area contributed by atoms with E-state index in [2.05, 4.69) is 76.1 Å². The van der Waals surface area contributed by atoms with Crippen LogP contribution in [0.15, 0.2) is 53.3 Å². The van der Waals surface area contributed by atoms with E-state index in [1.54, 1.807) is 12.4 Å². The maximum atomic E-state index is 13.3. The molecule has 3 rings (SSSR count). The highest BCUT2D eigenvalue weighted by molar-refractivity contribution is 9.10. The molecule has 0 radical (unpaired) electrons. The molecule has 2 heterocycles. The molecular weight excluding hydrogens is 416 g/mol. The Balaban J connectivity index is 1.89. The zero-order chi connectivity index (χ0) is 20.1. The highest BCUT2D eigenvalue weighted by Gasteiger charge is 2.24. The van der Waals surface area contributed by atoms with Crippen molar-refractivity contribution in [3.63, 3.8) is 0 Å². The van der Waals surface area contributed by atoms with E-state index in [-0.39, 0.29) is 11.8 Å². The summed E-state index contributed by atoms with van der Waals surface area (Å²) in [5.74, 6) is 0.134. The van der Waals surface area contributed by atoms with Crippen molar-refractivity contribution in [2.45, 2.75) is 46.2 Å². The molecule has 3 aromatic rings. The molecule has 5 nitrogen and oxygen atoms in total. The molecule has 6 heteroatoms. The molecule has 0 aliphatic heterocycles. The average molecular weight is 441 g/mol. The molecule has 0 aliphatic carbocycles. The van der Waals surface area contributed by atoms with Gasteiger partial charge < -0.3 is 4.90 Å². The third-order valence-corrected chi connectivity index (χ3v) is 5.50. The van der Waals surface area contributed by atoms with Crippen LogP contribution in [0.4, 0.5) is 0 Å². The maximum absolute atomic E-state index is 13.3. The number of amides is 1. The number of rotatable bonds is 7. The number of nitrogens with zero attached hydrogens (tertiary/aromatic N) is 3. The van der Waals surface area contributed by atoms with E-state index in [0.717, 1.165) is 27.7 Å². The monoisotopic (exact) mass is 440 g/mol. The minimum absolute atomic E-state index is 0.113. The van der Waals surface area contributed by atoms with E-state index in [1.165, 1.54) is 5.56 Å². The van der Waals surface area contributed by atoms with Crippen molar-refractivity contribution in [2.75, 3.05) is 0 Å². The molecule has 0 spiro atoms. The predicted octanol–water partition coefficient (Wildman–Crippen LogP) is 5.10. The third kappa shape index (κ3) is 4.68. The molecule has 0 saturated carbocycles. The Kier molecular flexibility index (Phi) is 6.62. The lowest BCUT2D eigenvalue weighted by Gasteiger charge is -2.22. The molecule has 146 valence electrons. The Labute approximate surface area is 174 Å². The number of hydrogen-bond donors (Lipinski definition) is 1. The second kappa shape index (κ2) is 9.15. The molecule has 0 fully saturated rings. The Bertz CT molecular complexity index is 919. The highest BCUT2D eigenvalue weighted by Crippen LogP contribution is 2.27. The van der Waals surface area contributed by atoms with Crippen LogP contribution in [0, 0.1) is 0 Å². The second-order valence-electron chi connectivity index (χ2n) is 7.15. The maximum Gasteiger partial charge on any atom is 0.276 e. The van der Waals surface area contributed by atoms with E-state index >= 15 is 0 Å². The Hall–Kier alpha value is -2.47. The van der Waals surface area contributed by atoms with Crippen molar-refractivity contribution in [3.05, 3.63) is 81.3 Å². The highest BCUT2D eigenvalue weighted by atomic mass is 79.9. The van der Waals surface area contributed by atoms with Crippen LogP contribution in [0.5, 0.6) is 0 Å². The lowest BCUT2D eigenvalue weighted by atomic mass is 10.1. The first-order chi connectivity index (χ1) is 13.5. The fourth-order valence-electron chi connectivity index (χ4n) is 3.03. The van der Waals surface area contributed by atoms with Crippen LogP contribution in [0.2, 0.25) is 0 Å². The number of nitrogens with one attached hydrogen (secondary N) is 1. The van der Waals surface area contributed by atoms with Gasteiger partial charge in [-0.3, -0.25) is 14.9 Å². The first kappa shape index (κ1) is 20.3. The molecule has 1 amide bonds. The number of carbonyl (C=O) groups excluding carboxylic acids is 1. The zero-order valence-electron chi connectivity index (χ0n) is 16.4. The number of benzene rings is 1. The number of H-pyrrole nitrogens is 1. The van der Waals surface area contributed by atoms with Crippen LogP contribution in [0.25, 0.3) is 0 Å². The summed E-state index contributed by atoms with van der Waals surface area (Å²) in [5, 5.41) is 7.29. The van der Waals surface area contributed by atoms with Crippen LogP contribution in [0.3, 0.4) is 0 Å². The van der Waals surface area contributed by atoms with E-state index in [9.17, 15) is 4.79 Å². The summed E-state index contributed by atoms with van der Waals surface area (Å²) in [6.45, 7) is 7.24. The van der Waals surface area contributed by atoms with Gasteiger partial charge in [-0.1, -0.05) is 51.1 Å². The standard InChI is InChI=1S/C22H25BrN4O/c1-4-16-7-9-17(10-8-16)13-27(14-18-6-5-11-24-12-18)22(28)21-19(23)20(15(2)3)25-26-21/h5-12,15H,4,13-14H2,1-3H3,(H,25,26). The van der Waals surface area contributed by atoms with Gasteiger partial charge in [0.1, 0.15) is 0 Å². The lowest BCUT2D eigenvalue weighted by molar-refractivity contribution is 0.0723. The van der Waals surface area contributed by atoms with Gasteiger partial charge in [-0.25, -0.2) is 0 Å². The number of pyridine rings is 1. The number of halogens is 1. The van der Waals surface area contributed by atoms with Gasteiger partial charge in [-0.2, -0.15) is 5.10 Å². The fraction of sp³-hybridized carbons (Fsp3) is 0.318. The van der Waals surface area contributed by atoms with Gasteiger partial charge in [-0.05, 0) is 51.0 Å². The summed E-state index contributed by atoms with van der Waals surface area (Å²) in [4.78, 5) is 19.3. The van der Waals surface area contributed by atoms with Gasteiger partial charge in [0.05, 0.1) is 10.2 Å². The molecular formula is C22H25BrN4O. The first-order valence-corrected chi connectivity index (χ1v) is 10.3. The number of carbonyl (C=O) groups is 1. The summed E-state index contributed by atoms with van der Waals surface area (Å²) < 4.78 is 0.741. The summed E-state index contributed by atoms with van der Waals surface area (Å²) in [7, 11) is 0. The Morgan fingerprint density at radius 3 is 2.36 bits per heavy atom. The van der Waals surface area contributed by atoms with Crippen LogP contribution >= 0.6 is 15.9 Å². The number of hydrogen-bond acceptors (Lipinski definition) is 3. The molecule has 0 saturated heterocycles. The molecule has 1 N–H and O–H groups in total. The molecule has 2 aromatic heterocycles. The number of aromatic amines is 1. The molecule has 28 heavy (non-hydrogen) atoms. The Morgan fingerprint density at radius 2 is 1.79 bits per heavy atom. The van der Waals surface area contributed by atoms with Crippen LogP contribution < -0.4 is 0 Å². The molecule has 0 aliphatic rings. The fourth-order valence-corrected chi connectivity index (χ4v) is 3.83. The van der Waals surface area contributed by atoms with Gasteiger partial charge in [0.25, 0.3) is 5.91 Å². The summed E-state index contributed by atoms with van der Waals surface area (Å²) >= 11 is 3.56. The SMILES string of the molecule is CCc1ccc(CN(Cc2cccnc2)C(=O)c2n[nH]c(C(C)C)c2Br)cc1. The second-order valence-corrected chi connectivity index (χ2v) is 7.94. The summed E-state index contributed by atoms with van der Waals surface area (Å²) in [6, 6.07) is 12.3. The smallest absolute Gasteiger partial charge is 0.276 e. The van der Waals surface area contributed by atoms with Crippen molar-refractivity contribution >= 4 is 21.8 Å². The average Bonchev–Trinajstić information content (AvgIpc) is 3.10. The van der Waals surface area contributed by atoms with E-state index in [0.29, 0.717) is 18.8 Å². The van der Waals surface area contributed by atoms with E-state index in [4.69, 9.17) is 0 Å². The van der Waals surface area contributed by atoms with Gasteiger partial charge >= 0.3 is 0 Å². The summed E-state index contributed by atoms with van der Waals surface area (Å²) in [5.41, 5.74) is 4.70. The topological polar surface area (TPSA) is 61.9 Å². The van der Waals surface area contributed by atoms with Crippen molar-refractivity contribution in [3.8, 4) is 0 Å². The van der Waals surface area contributed by atoms with Crippen molar-refractivity contribution in [1.82, 2.24) is 20.1 Å². The number of aromatic nitrogens is 3. The van der Waals surface area contributed by atoms with Gasteiger partial charge in [0, 0.05) is 25.5 Å². The predicted molar refractivity (Wildman–Crippen MR) is 114 cm³/mol. The quantitative estimate of drug-likeness (QED) is 0.555. The van der Waals surface area contributed by atoms with Gasteiger partial charge in [0.2, 0.25) is 0 Å². The normalized spacial score (nSPS) is 11.0. The van der Waals surface area contributed by atoms with E-state index in [1.807, 2.05) is 17.0 Å². The molecule has 0 unspecified atom stereocenters. The van der Waals surface area contributed by atoms with E-state index < -0.39 is 0 Å². The molecule has 0 bridgehead atoms. The lowest BCUT2D eigenvalue weighted by Crippen LogP contribution is -2.30. The minimum Gasteiger partial charge on any atom is -0.329 e.